The Labute approximate surface area is 120 Å². The highest BCUT2D eigenvalue weighted by Crippen LogP contribution is 2.25. The Bertz CT molecular complexity index is 491. The summed E-state index contributed by atoms with van der Waals surface area (Å²) in [6, 6.07) is 16.5. The molecule has 3 heteroatoms. The zero-order valence-corrected chi connectivity index (χ0v) is 12.5. The monoisotopic (exact) mass is 322 g/mol. The molecular formula is C15H15BrOS. The van der Waals surface area contributed by atoms with Crippen molar-refractivity contribution < 1.29 is 5.11 Å². The lowest BCUT2D eigenvalue weighted by molar-refractivity contribution is 0.199. The SMILES string of the molecule is CC(O)c1ccc(SCc2ccc(Br)cc2)cc1. The summed E-state index contributed by atoms with van der Waals surface area (Å²) in [4.78, 5) is 1.22. The lowest BCUT2D eigenvalue weighted by Gasteiger charge is -2.06. The summed E-state index contributed by atoms with van der Waals surface area (Å²) in [6.07, 6.45) is -0.393. The van der Waals surface area contributed by atoms with Crippen molar-refractivity contribution in [3.63, 3.8) is 0 Å². The normalized spacial score (nSPS) is 12.4. The third kappa shape index (κ3) is 3.87. The second kappa shape index (κ2) is 6.41. The van der Waals surface area contributed by atoms with Crippen LogP contribution in [0.4, 0.5) is 0 Å². The Balaban J connectivity index is 1.95. The second-order valence-corrected chi connectivity index (χ2v) is 6.12. The lowest BCUT2D eigenvalue weighted by atomic mass is 10.1. The van der Waals surface area contributed by atoms with Crippen LogP contribution in [-0.2, 0) is 5.75 Å². The van der Waals surface area contributed by atoms with E-state index in [2.05, 4.69) is 52.3 Å². The van der Waals surface area contributed by atoms with Gasteiger partial charge in [0, 0.05) is 15.1 Å². The predicted molar refractivity (Wildman–Crippen MR) is 80.8 cm³/mol. The highest BCUT2D eigenvalue weighted by atomic mass is 79.9. The van der Waals surface area contributed by atoms with E-state index in [-0.39, 0.29) is 0 Å². The fourth-order valence-electron chi connectivity index (χ4n) is 1.59. The number of aliphatic hydroxyl groups is 1. The van der Waals surface area contributed by atoms with E-state index < -0.39 is 6.10 Å². The molecule has 18 heavy (non-hydrogen) atoms. The van der Waals surface area contributed by atoms with Gasteiger partial charge in [0.05, 0.1) is 6.10 Å². The molecule has 0 spiro atoms. The molecule has 1 N–H and O–H groups in total. The van der Waals surface area contributed by atoms with Crippen LogP contribution < -0.4 is 0 Å². The Hall–Kier alpha value is -0.770. The molecule has 1 atom stereocenters. The number of thioether (sulfide) groups is 1. The van der Waals surface area contributed by atoms with Crippen LogP contribution in [0, 0.1) is 0 Å². The van der Waals surface area contributed by atoms with Gasteiger partial charge in [-0.05, 0) is 42.3 Å². The van der Waals surface area contributed by atoms with Gasteiger partial charge in [0.1, 0.15) is 0 Å². The van der Waals surface area contributed by atoms with Crippen LogP contribution in [0.1, 0.15) is 24.2 Å². The van der Waals surface area contributed by atoms with Crippen molar-refractivity contribution in [2.75, 3.05) is 0 Å². The van der Waals surface area contributed by atoms with Gasteiger partial charge in [-0.3, -0.25) is 0 Å². The summed E-state index contributed by atoms with van der Waals surface area (Å²) < 4.78 is 1.11. The fraction of sp³-hybridized carbons (Fsp3) is 0.200. The summed E-state index contributed by atoms with van der Waals surface area (Å²) >= 11 is 5.24. The molecule has 0 aliphatic carbocycles. The maximum atomic E-state index is 9.44. The van der Waals surface area contributed by atoms with Crippen LogP contribution in [0.5, 0.6) is 0 Å². The minimum Gasteiger partial charge on any atom is -0.389 e. The summed E-state index contributed by atoms with van der Waals surface area (Å²) in [5.74, 6) is 0.960. The van der Waals surface area contributed by atoms with Crippen LogP contribution in [0.3, 0.4) is 0 Å². The average molecular weight is 323 g/mol. The molecule has 0 aliphatic heterocycles. The lowest BCUT2D eigenvalue weighted by Crippen LogP contribution is -1.89. The van der Waals surface area contributed by atoms with Crippen LogP contribution in [-0.4, -0.2) is 5.11 Å². The molecule has 0 amide bonds. The van der Waals surface area contributed by atoms with E-state index in [0.717, 1.165) is 15.8 Å². The Morgan fingerprint density at radius 1 is 1.06 bits per heavy atom. The van der Waals surface area contributed by atoms with Crippen molar-refractivity contribution in [3.05, 3.63) is 64.1 Å². The van der Waals surface area contributed by atoms with Gasteiger partial charge in [-0.25, -0.2) is 0 Å². The molecule has 0 heterocycles. The summed E-state index contributed by atoms with van der Waals surface area (Å²) in [7, 11) is 0. The highest BCUT2D eigenvalue weighted by Gasteiger charge is 2.01. The molecule has 0 fully saturated rings. The standard InChI is InChI=1S/C15H15BrOS/c1-11(17)13-4-8-15(9-5-13)18-10-12-2-6-14(16)7-3-12/h2-9,11,17H,10H2,1H3. The predicted octanol–water partition coefficient (Wildman–Crippen LogP) is 4.79. The largest absolute Gasteiger partial charge is 0.389 e. The van der Waals surface area contributed by atoms with Crippen molar-refractivity contribution in [1.29, 1.82) is 0 Å². The zero-order valence-electron chi connectivity index (χ0n) is 10.1. The molecule has 2 rings (SSSR count). The van der Waals surface area contributed by atoms with E-state index in [1.54, 1.807) is 18.7 Å². The highest BCUT2D eigenvalue weighted by molar-refractivity contribution is 9.10. The van der Waals surface area contributed by atoms with Gasteiger partial charge in [0.15, 0.2) is 0 Å². The molecule has 0 aromatic heterocycles. The summed E-state index contributed by atoms with van der Waals surface area (Å²) in [5, 5.41) is 9.44. The van der Waals surface area contributed by atoms with Gasteiger partial charge in [-0.15, -0.1) is 11.8 Å². The van der Waals surface area contributed by atoms with E-state index in [4.69, 9.17) is 0 Å². The number of hydrogen-bond donors (Lipinski definition) is 1. The van der Waals surface area contributed by atoms with E-state index in [9.17, 15) is 5.11 Å². The molecule has 0 saturated heterocycles. The van der Waals surface area contributed by atoms with E-state index in [1.807, 2.05) is 12.1 Å². The minimum absolute atomic E-state index is 0.393. The molecule has 0 bridgehead atoms. The van der Waals surface area contributed by atoms with Crippen molar-refractivity contribution in [3.8, 4) is 0 Å². The second-order valence-electron chi connectivity index (χ2n) is 4.16. The summed E-state index contributed by atoms with van der Waals surface area (Å²) in [5.41, 5.74) is 2.27. The van der Waals surface area contributed by atoms with Gasteiger partial charge in [-0.1, -0.05) is 40.2 Å². The number of benzene rings is 2. The van der Waals surface area contributed by atoms with Crippen LogP contribution in [0.2, 0.25) is 0 Å². The molecule has 0 aliphatic rings. The smallest absolute Gasteiger partial charge is 0.0761 e. The van der Waals surface area contributed by atoms with Gasteiger partial charge in [0.25, 0.3) is 0 Å². The number of aliphatic hydroxyl groups excluding tert-OH is 1. The molecule has 1 nitrogen and oxygen atoms in total. The first-order chi connectivity index (χ1) is 8.65. The fourth-order valence-corrected chi connectivity index (χ4v) is 2.71. The van der Waals surface area contributed by atoms with Gasteiger partial charge in [-0.2, -0.15) is 0 Å². The topological polar surface area (TPSA) is 20.2 Å². The Kier molecular flexibility index (Phi) is 4.87. The molecule has 94 valence electrons. The van der Waals surface area contributed by atoms with Gasteiger partial charge >= 0.3 is 0 Å². The molecule has 2 aromatic carbocycles. The first-order valence-electron chi connectivity index (χ1n) is 5.80. The van der Waals surface area contributed by atoms with E-state index in [1.165, 1.54) is 10.5 Å². The zero-order chi connectivity index (χ0) is 13.0. The number of hydrogen-bond acceptors (Lipinski definition) is 2. The van der Waals surface area contributed by atoms with Crippen molar-refractivity contribution in [2.24, 2.45) is 0 Å². The molecule has 0 radical (unpaired) electrons. The molecular weight excluding hydrogens is 308 g/mol. The third-order valence-corrected chi connectivity index (χ3v) is 4.29. The number of halogens is 1. The van der Waals surface area contributed by atoms with E-state index >= 15 is 0 Å². The maximum absolute atomic E-state index is 9.44. The average Bonchev–Trinajstić information content (AvgIpc) is 2.38. The molecule has 1 unspecified atom stereocenters. The summed E-state index contributed by atoms with van der Waals surface area (Å²) in [6.45, 7) is 1.78. The van der Waals surface area contributed by atoms with Crippen molar-refractivity contribution >= 4 is 27.7 Å². The number of rotatable bonds is 4. The van der Waals surface area contributed by atoms with E-state index in [0.29, 0.717) is 0 Å². The molecule has 2 aromatic rings. The van der Waals surface area contributed by atoms with Gasteiger partial charge < -0.3 is 5.11 Å². The molecule has 0 saturated carbocycles. The van der Waals surface area contributed by atoms with Crippen LogP contribution in [0.25, 0.3) is 0 Å². The quantitative estimate of drug-likeness (QED) is 0.816. The third-order valence-electron chi connectivity index (χ3n) is 2.68. The Morgan fingerprint density at radius 2 is 1.67 bits per heavy atom. The van der Waals surface area contributed by atoms with Crippen molar-refractivity contribution in [1.82, 2.24) is 0 Å². The first-order valence-corrected chi connectivity index (χ1v) is 7.58. The van der Waals surface area contributed by atoms with Crippen LogP contribution in [0.15, 0.2) is 57.9 Å². The Morgan fingerprint density at radius 3 is 2.22 bits per heavy atom. The maximum Gasteiger partial charge on any atom is 0.0761 e. The minimum atomic E-state index is -0.393. The van der Waals surface area contributed by atoms with Crippen molar-refractivity contribution in [2.45, 2.75) is 23.7 Å². The van der Waals surface area contributed by atoms with Gasteiger partial charge in [0.2, 0.25) is 0 Å². The van der Waals surface area contributed by atoms with Crippen LogP contribution >= 0.6 is 27.7 Å². The first kappa shape index (κ1) is 13.7.